The normalized spacial score (nSPS) is 11.9. The Hall–Kier alpha value is -0.750. The summed E-state index contributed by atoms with van der Waals surface area (Å²) in [5.74, 6) is -0.259. The summed E-state index contributed by atoms with van der Waals surface area (Å²) >= 11 is 3.03. The van der Waals surface area contributed by atoms with Crippen LogP contribution in [0, 0.1) is 0 Å². The van der Waals surface area contributed by atoms with E-state index in [2.05, 4.69) is 20.7 Å². The maximum Gasteiger partial charge on any atom is 0.573 e. The van der Waals surface area contributed by atoms with Gasteiger partial charge in [0.2, 0.25) is 0 Å². The lowest BCUT2D eigenvalue weighted by Gasteiger charge is -2.12. The first kappa shape index (κ1) is 14.3. The topological polar surface area (TPSA) is 18.5 Å². The number of hydrogen-bond acceptors (Lipinski definition) is 2. The molecule has 2 nitrogen and oxygen atoms in total. The lowest BCUT2D eigenvalue weighted by atomic mass is 10.2. The van der Waals surface area contributed by atoms with Crippen LogP contribution in [0.3, 0.4) is 0 Å². The first-order valence-corrected chi connectivity index (χ1v) is 5.73. The van der Waals surface area contributed by atoms with Gasteiger partial charge in [0.25, 0.3) is 0 Å². The SMILES string of the molecule is CC(C)OCc1ccc(OC(F)(F)F)c(Br)c1. The quantitative estimate of drug-likeness (QED) is 0.826. The van der Waals surface area contributed by atoms with E-state index in [4.69, 9.17) is 4.74 Å². The number of benzene rings is 1. The predicted octanol–water partition coefficient (Wildman–Crippen LogP) is 4.27. The van der Waals surface area contributed by atoms with Gasteiger partial charge in [-0.2, -0.15) is 0 Å². The fraction of sp³-hybridized carbons (Fsp3) is 0.455. The van der Waals surface area contributed by atoms with E-state index < -0.39 is 6.36 Å². The largest absolute Gasteiger partial charge is 0.573 e. The minimum atomic E-state index is -4.68. The van der Waals surface area contributed by atoms with Gasteiger partial charge in [-0.1, -0.05) is 6.07 Å². The van der Waals surface area contributed by atoms with E-state index in [1.54, 1.807) is 6.07 Å². The molecule has 1 aromatic rings. The van der Waals surface area contributed by atoms with Gasteiger partial charge >= 0.3 is 6.36 Å². The van der Waals surface area contributed by atoms with Crippen LogP contribution in [0.4, 0.5) is 13.2 Å². The summed E-state index contributed by atoms with van der Waals surface area (Å²) in [4.78, 5) is 0. The molecule has 0 amide bonds. The number of ether oxygens (including phenoxy) is 2. The second-order valence-corrected chi connectivity index (χ2v) is 4.53. The third kappa shape index (κ3) is 5.41. The summed E-state index contributed by atoms with van der Waals surface area (Å²) in [6.45, 7) is 4.12. The summed E-state index contributed by atoms with van der Waals surface area (Å²) in [6.07, 6.45) is -4.61. The van der Waals surface area contributed by atoms with Gasteiger partial charge < -0.3 is 9.47 Å². The van der Waals surface area contributed by atoms with E-state index in [0.717, 1.165) is 5.56 Å². The van der Waals surface area contributed by atoms with Crippen molar-refractivity contribution in [1.29, 1.82) is 0 Å². The smallest absolute Gasteiger partial charge is 0.405 e. The van der Waals surface area contributed by atoms with Gasteiger partial charge in [-0.25, -0.2) is 0 Å². The molecule has 0 unspecified atom stereocenters. The first-order chi connectivity index (χ1) is 7.78. The maximum absolute atomic E-state index is 12.0. The standard InChI is InChI=1S/C11H12BrF3O2/c1-7(2)16-6-8-3-4-10(9(12)5-8)17-11(13,14)15/h3-5,7H,6H2,1-2H3. The van der Waals surface area contributed by atoms with Crippen molar-refractivity contribution in [2.24, 2.45) is 0 Å². The van der Waals surface area contributed by atoms with Crippen LogP contribution in [0.25, 0.3) is 0 Å². The van der Waals surface area contributed by atoms with Crippen LogP contribution in [-0.2, 0) is 11.3 Å². The molecule has 0 N–H and O–H groups in total. The summed E-state index contributed by atoms with van der Waals surface area (Å²) in [6, 6.07) is 4.34. The van der Waals surface area contributed by atoms with Crippen molar-refractivity contribution in [2.45, 2.75) is 32.9 Å². The van der Waals surface area contributed by atoms with Crippen molar-refractivity contribution in [2.75, 3.05) is 0 Å². The molecule has 0 saturated heterocycles. The Morgan fingerprint density at radius 1 is 1.29 bits per heavy atom. The Morgan fingerprint density at radius 2 is 1.94 bits per heavy atom. The summed E-state index contributed by atoms with van der Waals surface area (Å²) < 4.78 is 45.4. The molecule has 0 spiro atoms. The van der Waals surface area contributed by atoms with E-state index in [-0.39, 0.29) is 16.3 Å². The van der Waals surface area contributed by atoms with Gasteiger partial charge in [-0.05, 0) is 47.5 Å². The highest BCUT2D eigenvalue weighted by atomic mass is 79.9. The van der Waals surface area contributed by atoms with Crippen molar-refractivity contribution >= 4 is 15.9 Å². The van der Waals surface area contributed by atoms with Crippen molar-refractivity contribution in [3.8, 4) is 5.75 Å². The molecule has 0 atom stereocenters. The van der Waals surface area contributed by atoms with Crippen molar-refractivity contribution in [3.05, 3.63) is 28.2 Å². The van der Waals surface area contributed by atoms with Crippen molar-refractivity contribution in [1.82, 2.24) is 0 Å². The van der Waals surface area contributed by atoms with Gasteiger partial charge in [0, 0.05) is 0 Å². The molecule has 0 aliphatic heterocycles. The molecule has 1 aromatic carbocycles. The molecule has 0 saturated carbocycles. The lowest BCUT2D eigenvalue weighted by Crippen LogP contribution is -2.17. The predicted molar refractivity (Wildman–Crippen MR) is 60.8 cm³/mol. The second-order valence-electron chi connectivity index (χ2n) is 3.67. The Bertz CT molecular complexity index is 377. The number of halogens is 4. The number of rotatable bonds is 4. The molecule has 1 rings (SSSR count). The molecule has 96 valence electrons. The zero-order valence-electron chi connectivity index (χ0n) is 9.34. The minimum Gasteiger partial charge on any atom is -0.405 e. The fourth-order valence-electron chi connectivity index (χ4n) is 1.10. The van der Waals surface area contributed by atoms with E-state index in [9.17, 15) is 13.2 Å². The second kappa shape index (κ2) is 5.73. The van der Waals surface area contributed by atoms with Crippen LogP contribution in [0.1, 0.15) is 19.4 Å². The zero-order chi connectivity index (χ0) is 13.1. The average Bonchev–Trinajstić information content (AvgIpc) is 2.17. The Balaban J connectivity index is 2.72. The Labute approximate surface area is 106 Å². The van der Waals surface area contributed by atoms with Crippen molar-refractivity contribution in [3.63, 3.8) is 0 Å². The van der Waals surface area contributed by atoms with Gasteiger partial charge in [0.15, 0.2) is 0 Å². The molecular weight excluding hydrogens is 301 g/mol. The van der Waals surface area contributed by atoms with Crippen LogP contribution in [0.5, 0.6) is 5.75 Å². The Morgan fingerprint density at radius 3 is 2.41 bits per heavy atom. The van der Waals surface area contributed by atoms with Crippen LogP contribution in [0.2, 0.25) is 0 Å². The maximum atomic E-state index is 12.0. The molecule has 0 heterocycles. The number of alkyl halides is 3. The van der Waals surface area contributed by atoms with Crippen LogP contribution >= 0.6 is 15.9 Å². The lowest BCUT2D eigenvalue weighted by molar-refractivity contribution is -0.274. The minimum absolute atomic E-state index is 0.0693. The van der Waals surface area contributed by atoms with E-state index >= 15 is 0 Å². The zero-order valence-corrected chi connectivity index (χ0v) is 10.9. The molecule has 0 aliphatic rings. The highest BCUT2D eigenvalue weighted by molar-refractivity contribution is 9.10. The summed E-state index contributed by atoms with van der Waals surface area (Å²) in [7, 11) is 0. The molecule has 0 radical (unpaired) electrons. The molecule has 0 fully saturated rings. The van der Waals surface area contributed by atoms with Crippen molar-refractivity contribution < 1.29 is 22.6 Å². The van der Waals surface area contributed by atoms with Crippen LogP contribution in [-0.4, -0.2) is 12.5 Å². The highest BCUT2D eigenvalue weighted by Gasteiger charge is 2.31. The summed E-state index contributed by atoms with van der Waals surface area (Å²) in [5.41, 5.74) is 0.778. The summed E-state index contributed by atoms with van der Waals surface area (Å²) in [5, 5.41) is 0. The van der Waals surface area contributed by atoms with Gasteiger partial charge in [-0.3, -0.25) is 0 Å². The molecule has 0 aromatic heterocycles. The molecule has 0 bridgehead atoms. The van der Waals surface area contributed by atoms with E-state index in [1.165, 1.54) is 12.1 Å². The molecule has 17 heavy (non-hydrogen) atoms. The number of hydrogen-bond donors (Lipinski definition) is 0. The fourth-order valence-corrected chi connectivity index (χ4v) is 1.61. The van der Waals surface area contributed by atoms with Crippen LogP contribution < -0.4 is 4.74 Å². The van der Waals surface area contributed by atoms with E-state index in [0.29, 0.717) is 6.61 Å². The van der Waals surface area contributed by atoms with Gasteiger partial charge in [0.05, 0.1) is 17.2 Å². The molecule has 0 aliphatic carbocycles. The van der Waals surface area contributed by atoms with Crippen LogP contribution in [0.15, 0.2) is 22.7 Å². The molecular formula is C11H12BrF3O2. The van der Waals surface area contributed by atoms with Gasteiger partial charge in [0.1, 0.15) is 5.75 Å². The highest BCUT2D eigenvalue weighted by Crippen LogP contribution is 2.31. The van der Waals surface area contributed by atoms with E-state index in [1.807, 2.05) is 13.8 Å². The Kier molecular flexibility index (Phi) is 4.82. The average molecular weight is 313 g/mol. The first-order valence-electron chi connectivity index (χ1n) is 4.93. The van der Waals surface area contributed by atoms with Gasteiger partial charge in [-0.15, -0.1) is 13.2 Å². The monoisotopic (exact) mass is 312 g/mol. The third-order valence-corrected chi connectivity index (χ3v) is 2.43. The third-order valence-electron chi connectivity index (χ3n) is 1.81. The molecule has 6 heteroatoms.